The molecule has 1 aliphatic heterocycles. The van der Waals surface area contributed by atoms with Gasteiger partial charge in [-0.1, -0.05) is 48.5 Å². The number of para-hydroxylation sites is 1. The lowest BCUT2D eigenvalue weighted by atomic mass is 10.0. The molecule has 1 saturated heterocycles. The van der Waals surface area contributed by atoms with Gasteiger partial charge in [-0.25, -0.2) is 4.79 Å². The Balaban J connectivity index is 1.49. The van der Waals surface area contributed by atoms with Crippen LogP contribution in [0.15, 0.2) is 60.8 Å². The second-order valence-corrected chi connectivity index (χ2v) is 9.69. The smallest absolute Gasteiger partial charge is 0.326 e. The number of H-pyrrole nitrogens is 1. The van der Waals surface area contributed by atoms with E-state index in [0.717, 1.165) is 22.0 Å². The maximum atomic E-state index is 13.6. The molecule has 1 aliphatic rings. The fourth-order valence-corrected chi connectivity index (χ4v) is 4.84. The normalized spacial score (nSPS) is 17.5. The molecule has 1 aromatic heterocycles. The maximum absolute atomic E-state index is 13.6. The quantitative estimate of drug-likeness (QED) is 0.272. The lowest BCUT2D eigenvalue weighted by molar-refractivity contribution is -0.144. The number of carboxylic acid groups (broad SMARTS) is 1. The van der Waals surface area contributed by atoms with E-state index < -0.39 is 47.9 Å². The molecule has 0 radical (unpaired) electrons. The summed E-state index contributed by atoms with van der Waals surface area (Å²) in [6.45, 7) is 1.86. The maximum Gasteiger partial charge on any atom is 0.326 e. The van der Waals surface area contributed by atoms with Crippen molar-refractivity contribution in [3.8, 4) is 0 Å². The number of aromatic amines is 1. The van der Waals surface area contributed by atoms with Crippen LogP contribution in [0.2, 0.25) is 0 Å². The van der Waals surface area contributed by atoms with Crippen LogP contribution in [0.4, 0.5) is 0 Å². The average molecular weight is 520 g/mol. The van der Waals surface area contributed by atoms with E-state index in [4.69, 9.17) is 5.73 Å². The van der Waals surface area contributed by atoms with E-state index in [1.807, 2.05) is 54.6 Å². The summed E-state index contributed by atoms with van der Waals surface area (Å²) < 4.78 is 0. The number of rotatable bonds is 10. The highest BCUT2D eigenvalue weighted by Crippen LogP contribution is 2.22. The first-order valence-electron chi connectivity index (χ1n) is 12.7. The van der Waals surface area contributed by atoms with Crippen LogP contribution in [0, 0.1) is 0 Å². The van der Waals surface area contributed by atoms with Gasteiger partial charge in [0.15, 0.2) is 0 Å². The summed E-state index contributed by atoms with van der Waals surface area (Å²) in [5.74, 6) is -2.56. The lowest BCUT2D eigenvalue weighted by Gasteiger charge is -2.30. The number of hydrogen-bond acceptors (Lipinski definition) is 5. The number of nitrogens with zero attached hydrogens (tertiary/aromatic N) is 1. The molecule has 0 aliphatic carbocycles. The van der Waals surface area contributed by atoms with Gasteiger partial charge in [0.1, 0.15) is 18.1 Å². The Hall–Kier alpha value is -4.18. The number of likely N-dealkylation sites (tertiary alicyclic amines) is 1. The number of carbonyl (C=O) groups excluding carboxylic acids is 3. The van der Waals surface area contributed by atoms with Crippen LogP contribution in [0.1, 0.15) is 30.9 Å². The summed E-state index contributed by atoms with van der Waals surface area (Å²) in [6, 6.07) is 13.1. The van der Waals surface area contributed by atoms with Crippen molar-refractivity contribution in [3.05, 3.63) is 71.9 Å². The molecule has 3 aromatic rings. The highest BCUT2D eigenvalue weighted by atomic mass is 16.4. The summed E-state index contributed by atoms with van der Waals surface area (Å²) in [5, 5.41) is 16.1. The minimum atomic E-state index is -1.17. The van der Waals surface area contributed by atoms with E-state index >= 15 is 0 Å². The number of nitrogens with two attached hydrogens (primary N) is 1. The van der Waals surface area contributed by atoms with E-state index in [2.05, 4.69) is 15.6 Å². The first kappa shape index (κ1) is 26.9. The van der Waals surface area contributed by atoms with Gasteiger partial charge in [-0.3, -0.25) is 14.4 Å². The second kappa shape index (κ2) is 11.9. The molecule has 4 rings (SSSR count). The molecular formula is C28H33N5O5. The predicted octanol–water partition coefficient (Wildman–Crippen LogP) is 1.35. The summed E-state index contributed by atoms with van der Waals surface area (Å²) in [7, 11) is 0. The van der Waals surface area contributed by atoms with E-state index in [-0.39, 0.29) is 12.8 Å². The Kier molecular flexibility index (Phi) is 8.42. The number of fused-ring (bicyclic) bond motifs is 1. The molecule has 0 saturated carbocycles. The fraction of sp³-hybridized carbons (Fsp3) is 0.357. The Morgan fingerprint density at radius 1 is 1.03 bits per heavy atom. The van der Waals surface area contributed by atoms with Crippen molar-refractivity contribution in [2.75, 3.05) is 6.54 Å². The van der Waals surface area contributed by atoms with Crippen molar-refractivity contribution >= 4 is 34.6 Å². The number of carbonyl (C=O) groups is 4. The van der Waals surface area contributed by atoms with E-state index in [1.165, 1.54) is 11.8 Å². The number of aromatic nitrogens is 1. The SMILES string of the molecule is CC(N)C(=O)NC(Cc1ccccc1)C(=O)N1CCCC1C(=O)NC(Cc1c[nH]c2ccccc12)C(=O)O. The minimum absolute atomic E-state index is 0.0901. The molecule has 200 valence electrons. The number of hydrogen-bond donors (Lipinski definition) is 5. The number of benzene rings is 2. The van der Waals surface area contributed by atoms with Gasteiger partial charge in [-0.05, 0) is 37.0 Å². The Morgan fingerprint density at radius 2 is 1.74 bits per heavy atom. The number of nitrogens with one attached hydrogen (secondary N) is 3. The third-order valence-corrected chi connectivity index (χ3v) is 6.86. The molecular weight excluding hydrogens is 486 g/mol. The van der Waals surface area contributed by atoms with Gasteiger partial charge in [-0.15, -0.1) is 0 Å². The van der Waals surface area contributed by atoms with Crippen LogP contribution >= 0.6 is 0 Å². The van der Waals surface area contributed by atoms with Crippen molar-refractivity contribution in [1.82, 2.24) is 20.5 Å². The molecule has 3 amide bonds. The molecule has 4 atom stereocenters. The largest absolute Gasteiger partial charge is 0.480 e. The van der Waals surface area contributed by atoms with Gasteiger partial charge in [0.05, 0.1) is 6.04 Å². The van der Waals surface area contributed by atoms with Crippen LogP contribution in [-0.4, -0.2) is 69.4 Å². The summed E-state index contributed by atoms with van der Waals surface area (Å²) in [6.07, 6.45) is 3.06. The molecule has 2 heterocycles. The Labute approximate surface area is 220 Å². The van der Waals surface area contributed by atoms with Gasteiger partial charge in [0.2, 0.25) is 17.7 Å². The number of aliphatic carboxylic acids is 1. The predicted molar refractivity (Wildman–Crippen MR) is 142 cm³/mol. The zero-order chi connectivity index (χ0) is 27.2. The van der Waals surface area contributed by atoms with E-state index in [1.54, 1.807) is 6.20 Å². The molecule has 10 nitrogen and oxygen atoms in total. The molecule has 1 fully saturated rings. The monoisotopic (exact) mass is 519 g/mol. The average Bonchev–Trinajstić information content (AvgIpc) is 3.55. The number of amides is 3. The Bertz CT molecular complexity index is 1310. The minimum Gasteiger partial charge on any atom is -0.480 e. The summed E-state index contributed by atoms with van der Waals surface area (Å²) >= 11 is 0. The van der Waals surface area contributed by atoms with Crippen LogP contribution in [-0.2, 0) is 32.0 Å². The first-order chi connectivity index (χ1) is 18.2. The molecule has 6 N–H and O–H groups in total. The lowest BCUT2D eigenvalue weighted by Crippen LogP contribution is -2.57. The topological polar surface area (TPSA) is 158 Å². The van der Waals surface area contributed by atoms with Crippen molar-refractivity contribution in [3.63, 3.8) is 0 Å². The van der Waals surface area contributed by atoms with Crippen molar-refractivity contribution in [2.45, 2.75) is 56.8 Å². The standard InChI is InChI=1S/C28H33N5O5/c1-17(29)25(34)31-22(14-18-8-3-2-4-9-18)27(36)33-13-7-12-24(33)26(35)32-23(28(37)38)15-19-16-30-21-11-6-5-10-20(19)21/h2-6,8-11,16-17,22-24,30H,7,12-15,29H2,1H3,(H,31,34)(H,32,35)(H,37,38). The molecule has 0 bridgehead atoms. The highest BCUT2D eigenvalue weighted by molar-refractivity contribution is 5.95. The van der Waals surface area contributed by atoms with Crippen LogP contribution < -0.4 is 16.4 Å². The third-order valence-electron chi connectivity index (χ3n) is 6.86. The van der Waals surface area contributed by atoms with Crippen LogP contribution in [0.3, 0.4) is 0 Å². The van der Waals surface area contributed by atoms with Crippen LogP contribution in [0.25, 0.3) is 10.9 Å². The van der Waals surface area contributed by atoms with Crippen molar-refractivity contribution in [2.24, 2.45) is 5.73 Å². The van der Waals surface area contributed by atoms with E-state index in [9.17, 15) is 24.3 Å². The highest BCUT2D eigenvalue weighted by Gasteiger charge is 2.39. The third kappa shape index (κ3) is 6.20. The first-order valence-corrected chi connectivity index (χ1v) is 12.7. The van der Waals surface area contributed by atoms with E-state index in [0.29, 0.717) is 19.4 Å². The van der Waals surface area contributed by atoms with Gasteiger partial charge in [0, 0.05) is 36.5 Å². The molecule has 4 unspecified atom stereocenters. The summed E-state index contributed by atoms with van der Waals surface area (Å²) in [4.78, 5) is 55.9. The molecule has 10 heteroatoms. The zero-order valence-corrected chi connectivity index (χ0v) is 21.2. The number of carboxylic acids is 1. The van der Waals surface area contributed by atoms with Gasteiger partial charge in [0.25, 0.3) is 0 Å². The fourth-order valence-electron chi connectivity index (χ4n) is 4.84. The molecule has 0 spiro atoms. The van der Waals surface area contributed by atoms with Gasteiger partial charge >= 0.3 is 5.97 Å². The Morgan fingerprint density at radius 3 is 2.45 bits per heavy atom. The van der Waals surface area contributed by atoms with Crippen molar-refractivity contribution in [1.29, 1.82) is 0 Å². The molecule has 38 heavy (non-hydrogen) atoms. The molecule has 2 aromatic carbocycles. The van der Waals surface area contributed by atoms with Crippen molar-refractivity contribution < 1.29 is 24.3 Å². The summed E-state index contributed by atoms with van der Waals surface area (Å²) in [5.41, 5.74) is 8.22. The van der Waals surface area contributed by atoms with Gasteiger partial charge < -0.3 is 31.4 Å². The second-order valence-electron chi connectivity index (χ2n) is 9.69. The van der Waals surface area contributed by atoms with Gasteiger partial charge in [-0.2, -0.15) is 0 Å². The zero-order valence-electron chi connectivity index (χ0n) is 21.2. The van der Waals surface area contributed by atoms with Crippen LogP contribution in [0.5, 0.6) is 0 Å².